The van der Waals surface area contributed by atoms with E-state index in [0.29, 0.717) is 0 Å². The molecule has 0 fully saturated rings. The van der Waals surface area contributed by atoms with Crippen molar-refractivity contribution in [2.45, 2.75) is 4.90 Å². The largest absolute Gasteiger partial charge is 0.463 e. The molecule has 0 amide bonds. The van der Waals surface area contributed by atoms with Crippen LogP contribution in [-0.2, 0) is 0 Å². The molecule has 6 rings (SSSR count). The van der Waals surface area contributed by atoms with Gasteiger partial charge >= 0.3 is 0 Å². The number of benzene rings is 3. The van der Waals surface area contributed by atoms with Gasteiger partial charge in [-0.1, -0.05) is 54.2 Å². The summed E-state index contributed by atoms with van der Waals surface area (Å²) in [5.41, 5.74) is 4.16. The average Bonchev–Trinajstić information content (AvgIpc) is 3.36. The zero-order chi connectivity index (χ0) is 22.6. The molecule has 3 heterocycles. The second-order valence-electron chi connectivity index (χ2n) is 6.71. The van der Waals surface area contributed by atoms with Gasteiger partial charge in [0.15, 0.2) is 5.75 Å². The predicted molar refractivity (Wildman–Crippen MR) is 141 cm³/mol. The van der Waals surface area contributed by atoms with E-state index >= 15 is 0 Å². The molecule has 6 heteroatoms. The van der Waals surface area contributed by atoms with Gasteiger partial charge in [0.2, 0.25) is 0 Å². The molecule has 0 spiro atoms. The molecule has 3 aromatic carbocycles. The molecule has 1 N–H and O–H groups in total. The van der Waals surface area contributed by atoms with Crippen LogP contribution in [0.4, 0.5) is 17.1 Å². The van der Waals surface area contributed by atoms with E-state index < -0.39 is 0 Å². The maximum Gasteiger partial charge on any atom is 0.152 e. The Morgan fingerprint density at radius 3 is 2.48 bits per heavy atom. The fourth-order valence-corrected chi connectivity index (χ4v) is 3.60. The minimum Gasteiger partial charge on any atom is -0.463 e. The number of fused-ring (bicyclic) bond motifs is 3. The van der Waals surface area contributed by atoms with Gasteiger partial charge in [-0.3, -0.25) is 15.0 Å². The van der Waals surface area contributed by atoms with Crippen molar-refractivity contribution in [2.75, 3.05) is 5.32 Å². The Hall–Kier alpha value is -4.16. The molecule has 5 nitrogen and oxygen atoms in total. The molecule has 0 radical (unpaired) electrons. The van der Waals surface area contributed by atoms with Crippen molar-refractivity contribution < 1.29 is 4.74 Å². The van der Waals surface area contributed by atoms with Gasteiger partial charge in [-0.05, 0) is 47.9 Å². The van der Waals surface area contributed by atoms with Gasteiger partial charge in [0, 0.05) is 47.2 Å². The summed E-state index contributed by atoms with van der Waals surface area (Å²) < 4.78 is 5.24. The summed E-state index contributed by atoms with van der Waals surface area (Å²) in [6.45, 7) is 0. The molecule has 3 aliphatic heterocycles. The Kier molecular flexibility index (Phi) is 8.03. The topological polar surface area (TPSA) is 58.3 Å². The van der Waals surface area contributed by atoms with Crippen LogP contribution in [0.15, 0.2) is 129 Å². The number of aliphatic imine (C=N–C) groups is 3. The van der Waals surface area contributed by atoms with E-state index in [0.717, 1.165) is 28.4 Å². The highest BCUT2D eigenvalue weighted by Crippen LogP contribution is 2.31. The molecule has 0 unspecified atom stereocenters. The van der Waals surface area contributed by atoms with Crippen molar-refractivity contribution >= 4 is 47.5 Å². The third-order valence-electron chi connectivity index (χ3n) is 4.45. The molecule has 0 saturated carbocycles. The van der Waals surface area contributed by atoms with Crippen LogP contribution in [0.2, 0.25) is 0 Å². The number of anilines is 1. The van der Waals surface area contributed by atoms with Crippen molar-refractivity contribution in [1.82, 2.24) is 0 Å². The van der Waals surface area contributed by atoms with Gasteiger partial charge in [-0.25, -0.2) is 0 Å². The van der Waals surface area contributed by atoms with Crippen molar-refractivity contribution in [3.8, 4) is 5.75 Å². The smallest absolute Gasteiger partial charge is 0.152 e. The summed E-state index contributed by atoms with van der Waals surface area (Å²) in [6, 6.07) is 23.8. The summed E-state index contributed by atoms with van der Waals surface area (Å²) in [7, 11) is 0. The number of hydrogen-bond donors (Lipinski definition) is 1. The zero-order valence-corrected chi connectivity index (χ0v) is 18.6. The first-order chi connectivity index (χ1) is 16.4. The summed E-state index contributed by atoms with van der Waals surface area (Å²) >= 11 is 1.70. The molecule has 33 heavy (non-hydrogen) atoms. The quantitative estimate of drug-likeness (QED) is 0.391. The first kappa shape index (κ1) is 22.0. The van der Waals surface area contributed by atoms with Crippen molar-refractivity contribution in [3.63, 3.8) is 0 Å². The fourth-order valence-electron chi connectivity index (χ4n) is 2.90. The number of hydrogen-bond acceptors (Lipinski definition) is 6. The highest BCUT2D eigenvalue weighted by molar-refractivity contribution is 8.02. The molecule has 162 valence electrons. The molecule has 0 saturated heterocycles. The Morgan fingerprint density at radius 1 is 0.758 bits per heavy atom. The van der Waals surface area contributed by atoms with Crippen LogP contribution in [0.3, 0.4) is 0 Å². The van der Waals surface area contributed by atoms with Gasteiger partial charge < -0.3 is 10.1 Å². The second-order valence-corrected chi connectivity index (χ2v) is 7.66. The van der Waals surface area contributed by atoms with Crippen LogP contribution in [0.1, 0.15) is 5.56 Å². The van der Waals surface area contributed by atoms with Crippen molar-refractivity contribution in [3.05, 3.63) is 115 Å². The van der Waals surface area contributed by atoms with E-state index in [1.807, 2.05) is 96.8 Å². The van der Waals surface area contributed by atoms with Gasteiger partial charge in [0.05, 0.1) is 11.9 Å². The van der Waals surface area contributed by atoms with E-state index in [2.05, 4.69) is 26.4 Å². The summed E-state index contributed by atoms with van der Waals surface area (Å²) in [5.74, 6) is 0.803. The molecule has 0 bridgehead atoms. The average molecular weight is 451 g/mol. The Labute approximate surface area is 197 Å². The molecule has 0 aromatic heterocycles. The third kappa shape index (κ3) is 6.66. The number of thioether (sulfide) groups is 1. The molecule has 0 atom stereocenters. The van der Waals surface area contributed by atoms with Crippen LogP contribution in [0.25, 0.3) is 0 Å². The lowest BCUT2D eigenvalue weighted by molar-refractivity contribution is 0.485. The van der Waals surface area contributed by atoms with Crippen LogP contribution in [0.5, 0.6) is 5.75 Å². The fraction of sp³-hybridized carbons (Fsp3) is 0. The number of allylic oxidation sites excluding steroid dienone is 2. The highest BCUT2D eigenvalue weighted by Gasteiger charge is 2.00. The first-order valence-electron chi connectivity index (χ1n) is 10.3. The van der Waals surface area contributed by atoms with Crippen LogP contribution in [-0.4, -0.2) is 18.6 Å². The van der Waals surface area contributed by atoms with Crippen molar-refractivity contribution in [2.24, 2.45) is 15.0 Å². The lowest BCUT2D eigenvalue weighted by Crippen LogP contribution is -1.89. The normalized spacial score (nSPS) is 13.7. The van der Waals surface area contributed by atoms with E-state index in [-0.39, 0.29) is 0 Å². The summed E-state index contributed by atoms with van der Waals surface area (Å²) in [4.78, 5) is 13.7. The number of nitrogens with zero attached hydrogens (tertiary/aromatic N) is 3. The minimum atomic E-state index is 0.803. The van der Waals surface area contributed by atoms with E-state index in [1.54, 1.807) is 36.5 Å². The highest BCUT2D eigenvalue weighted by atomic mass is 32.2. The van der Waals surface area contributed by atoms with Crippen LogP contribution >= 0.6 is 11.8 Å². The molecule has 3 aliphatic rings. The zero-order valence-electron chi connectivity index (χ0n) is 17.8. The molecular weight excluding hydrogens is 428 g/mol. The Morgan fingerprint density at radius 2 is 1.52 bits per heavy atom. The standard InChI is InChI=1S/C9H8N2.C9H7NO.C9H7NS/c1-2-4-9-8(3-1)7-10-5-6-11-9;2*1-2-5-9-8(4-1)10-6-3-7-11-9/h1-7,11H;2*1-7H. The maximum atomic E-state index is 5.24. The number of nitrogens with one attached hydrogen (secondary N) is 1. The van der Waals surface area contributed by atoms with E-state index in [1.165, 1.54) is 4.90 Å². The molecule has 3 aromatic rings. The van der Waals surface area contributed by atoms with Gasteiger partial charge in [0.25, 0.3) is 0 Å². The Balaban J connectivity index is 0.000000118. The number of rotatable bonds is 0. The van der Waals surface area contributed by atoms with Crippen LogP contribution < -0.4 is 10.1 Å². The second kappa shape index (κ2) is 12.0. The predicted octanol–water partition coefficient (Wildman–Crippen LogP) is 7.31. The summed E-state index contributed by atoms with van der Waals surface area (Å²) in [6.07, 6.45) is 14.3. The third-order valence-corrected chi connectivity index (χ3v) is 5.34. The summed E-state index contributed by atoms with van der Waals surface area (Å²) in [5, 5.41) is 5.16. The van der Waals surface area contributed by atoms with Crippen LogP contribution in [0, 0.1) is 0 Å². The number of ether oxygens (including phenoxy) is 1. The van der Waals surface area contributed by atoms with Gasteiger partial charge in [-0.2, -0.15) is 0 Å². The minimum absolute atomic E-state index is 0.803. The Bertz CT molecular complexity index is 1100. The lowest BCUT2D eigenvalue weighted by Gasteiger charge is -2.01. The molecule has 0 aliphatic carbocycles. The van der Waals surface area contributed by atoms with Crippen molar-refractivity contribution in [1.29, 1.82) is 0 Å². The van der Waals surface area contributed by atoms with E-state index in [9.17, 15) is 0 Å². The maximum absolute atomic E-state index is 5.24. The molecular formula is C27H22N4OS. The van der Waals surface area contributed by atoms with E-state index in [4.69, 9.17) is 4.74 Å². The van der Waals surface area contributed by atoms with Gasteiger partial charge in [-0.15, -0.1) is 0 Å². The SMILES string of the molecule is C1=CNc2ccccc2C=N1.C1=COc2ccccc2N=C1.C1=CSc2ccccc2N=C1. The van der Waals surface area contributed by atoms with Gasteiger partial charge in [0.1, 0.15) is 5.69 Å². The lowest BCUT2D eigenvalue weighted by atomic mass is 10.2. The number of para-hydroxylation sites is 4. The monoisotopic (exact) mass is 450 g/mol. The first-order valence-corrected chi connectivity index (χ1v) is 11.2.